The van der Waals surface area contributed by atoms with Crippen LogP contribution in [0, 0.1) is 18.6 Å². The number of rotatable bonds is 3. The minimum absolute atomic E-state index is 0.179. The van der Waals surface area contributed by atoms with Crippen molar-refractivity contribution in [3.8, 4) is 0 Å². The van der Waals surface area contributed by atoms with Gasteiger partial charge in [0.2, 0.25) is 0 Å². The van der Waals surface area contributed by atoms with Crippen LogP contribution in [0.4, 0.5) is 8.78 Å². The van der Waals surface area contributed by atoms with Gasteiger partial charge in [0.05, 0.1) is 0 Å². The quantitative estimate of drug-likeness (QED) is 0.786. The third-order valence-corrected chi connectivity index (χ3v) is 2.62. The van der Waals surface area contributed by atoms with Crippen LogP contribution in [0.2, 0.25) is 0 Å². The zero-order chi connectivity index (χ0) is 12.3. The first-order valence-electron chi connectivity index (χ1n) is 5.37. The molecule has 0 saturated carbocycles. The van der Waals surface area contributed by atoms with Crippen LogP contribution in [-0.4, -0.2) is 4.98 Å². The van der Waals surface area contributed by atoms with Crippen LogP contribution in [0.25, 0.3) is 0 Å². The largest absolute Gasteiger partial charge is 0.261 e. The lowest BCUT2D eigenvalue weighted by molar-refractivity contribution is 0.576. The Hall–Kier alpha value is -1.77. The van der Waals surface area contributed by atoms with E-state index in [9.17, 15) is 8.78 Å². The normalized spacial score (nSPS) is 12.4. The van der Waals surface area contributed by atoms with Crippen molar-refractivity contribution in [2.75, 3.05) is 0 Å². The first-order valence-corrected chi connectivity index (χ1v) is 5.37. The van der Waals surface area contributed by atoms with E-state index in [1.807, 2.05) is 12.1 Å². The lowest BCUT2D eigenvalue weighted by atomic mass is 9.92. The SMILES string of the molecule is [CH2]CC(c1cc(F)cc(F)c1)c1ccccn1. The smallest absolute Gasteiger partial charge is 0.126 e. The molecule has 17 heavy (non-hydrogen) atoms. The fourth-order valence-electron chi connectivity index (χ4n) is 1.84. The van der Waals surface area contributed by atoms with Gasteiger partial charge in [0, 0.05) is 23.9 Å². The van der Waals surface area contributed by atoms with Crippen LogP contribution in [0.5, 0.6) is 0 Å². The molecule has 1 aromatic heterocycles. The average molecular weight is 232 g/mol. The molecule has 1 unspecified atom stereocenters. The van der Waals surface area contributed by atoms with Gasteiger partial charge in [-0.15, -0.1) is 0 Å². The Morgan fingerprint density at radius 2 is 1.82 bits per heavy atom. The molecule has 1 nitrogen and oxygen atoms in total. The molecule has 0 amide bonds. The Morgan fingerprint density at radius 1 is 1.12 bits per heavy atom. The molecule has 0 spiro atoms. The second-order valence-corrected chi connectivity index (χ2v) is 3.80. The van der Waals surface area contributed by atoms with Crippen molar-refractivity contribution in [2.45, 2.75) is 12.3 Å². The lowest BCUT2D eigenvalue weighted by Gasteiger charge is -2.14. The maximum Gasteiger partial charge on any atom is 0.126 e. The highest BCUT2D eigenvalue weighted by Crippen LogP contribution is 2.27. The molecule has 0 saturated heterocycles. The van der Waals surface area contributed by atoms with E-state index in [1.54, 1.807) is 12.3 Å². The van der Waals surface area contributed by atoms with E-state index < -0.39 is 11.6 Å². The monoisotopic (exact) mass is 232 g/mol. The van der Waals surface area contributed by atoms with E-state index >= 15 is 0 Å². The standard InChI is InChI=1S/C14H12F2N/c1-2-13(14-5-3-4-6-17-14)10-7-11(15)9-12(16)8-10/h3-9,13H,1-2H2. The molecule has 87 valence electrons. The topological polar surface area (TPSA) is 12.9 Å². The summed E-state index contributed by atoms with van der Waals surface area (Å²) in [6, 6.07) is 9.00. The van der Waals surface area contributed by atoms with Gasteiger partial charge in [-0.25, -0.2) is 8.78 Å². The van der Waals surface area contributed by atoms with Crippen molar-refractivity contribution >= 4 is 0 Å². The number of halogens is 2. The zero-order valence-electron chi connectivity index (χ0n) is 9.24. The van der Waals surface area contributed by atoms with Crippen LogP contribution >= 0.6 is 0 Å². The van der Waals surface area contributed by atoms with E-state index in [-0.39, 0.29) is 5.92 Å². The summed E-state index contributed by atoms with van der Waals surface area (Å²) in [6.45, 7) is 3.81. The number of pyridine rings is 1. The molecule has 3 heteroatoms. The van der Waals surface area contributed by atoms with Gasteiger partial charge in [-0.2, -0.15) is 0 Å². The molecule has 0 N–H and O–H groups in total. The summed E-state index contributed by atoms with van der Waals surface area (Å²) >= 11 is 0. The van der Waals surface area contributed by atoms with E-state index in [4.69, 9.17) is 0 Å². The molecule has 0 aliphatic carbocycles. The van der Waals surface area contributed by atoms with E-state index in [0.717, 1.165) is 11.8 Å². The van der Waals surface area contributed by atoms with Gasteiger partial charge in [0.1, 0.15) is 11.6 Å². The highest BCUT2D eigenvalue weighted by atomic mass is 19.1. The second kappa shape index (κ2) is 5.04. The maximum absolute atomic E-state index is 13.2. The molecule has 1 radical (unpaired) electrons. The van der Waals surface area contributed by atoms with Crippen molar-refractivity contribution in [3.63, 3.8) is 0 Å². The highest BCUT2D eigenvalue weighted by molar-refractivity contribution is 5.29. The van der Waals surface area contributed by atoms with Gasteiger partial charge in [0.25, 0.3) is 0 Å². The summed E-state index contributed by atoms with van der Waals surface area (Å²) in [7, 11) is 0. The number of benzene rings is 1. The van der Waals surface area contributed by atoms with E-state index in [1.165, 1.54) is 12.1 Å². The predicted octanol–water partition coefficient (Wildman–Crippen LogP) is 3.72. The van der Waals surface area contributed by atoms with Gasteiger partial charge < -0.3 is 0 Å². The Bertz CT molecular complexity index is 477. The zero-order valence-corrected chi connectivity index (χ0v) is 9.24. The van der Waals surface area contributed by atoms with Crippen molar-refractivity contribution in [2.24, 2.45) is 0 Å². The van der Waals surface area contributed by atoms with Gasteiger partial charge in [-0.1, -0.05) is 13.0 Å². The van der Waals surface area contributed by atoms with Gasteiger partial charge in [0.15, 0.2) is 0 Å². The summed E-state index contributed by atoms with van der Waals surface area (Å²) in [6.07, 6.45) is 2.16. The van der Waals surface area contributed by atoms with Crippen LogP contribution in [0.3, 0.4) is 0 Å². The minimum Gasteiger partial charge on any atom is -0.261 e. The minimum atomic E-state index is -0.575. The van der Waals surface area contributed by atoms with E-state index in [2.05, 4.69) is 11.9 Å². The predicted molar refractivity (Wildman–Crippen MR) is 62.4 cm³/mol. The number of hydrogen-bond acceptors (Lipinski definition) is 1. The molecule has 0 fully saturated rings. The van der Waals surface area contributed by atoms with Gasteiger partial charge in [-0.3, -0.25) is 4.98 Å². The summed E-state index contributed by atoms with van der Waals surface area (Å²) in [5.74, 6) is -1.33. The fraction of sp³-hybridized carbons (Fsp3) is 0.143. The molecule has 1 aromatic carbocycles. The van der Waals surface area contributed by atoms with Crippen LogP contribution in [0.15, 0.2) is 42.6 Å². The third-order valence-electron chi connectivity index (χ3n) is 2.62. The van der Waals surface area contributed by atoms with Crippen LogP contribution in [-0.2, 0) is 0 Å². The summed E-state index contributed by atoms with van der Waals surface area (Å²) < 4.78 is 26.3. The molecular weight excluding hydrogens is 220 g/mol. The average Bonchev–Trinajstić information content (AvgIpc) is 2.30. The lowest BCUT2D eigenvalue weighted by Crippen LogP contribution is -2.03. The Balaban J connectivity index is 2.42. The van der Waals surface area contributed by atoms with Gasteiger partial charge in [-0.05, 0) is 36.2 Å². The summed E-state index contributed by atoms with van der Waals surface area (Å²) in [5.41, 5.74) is 1.34. The third kappa shape index (κ3) is 2.67. The fourth-order valence-corrected chi connectivity index (χ4v) is 1.84. The molecule has 2 aromatic rings. The number of hydrogen-bond donors (Lipinski definition) is 0. The van der Waals surface area contributed by atoms with Crippen molar-refractivity contribution in [1.82, 2.24) is 4.98 Å². The first-order chi connectivity index (χ1) is 8.20. The van der Waals surface area contributed by atoms with Crippen molar-refractivity contribution < 1.29 is 8.78 Å². The van der Waals surface area contributed by atoms with Crippen molar-refractivity contribution in [3.05, 3.63) is 72.4 Å². The molecule has 1 heterocycles. The first kappa shape index (κ1) is 11.7. The Labute approximate surface area is 99.1 Å². The number of aromatic nitrogens is 1. The summed E-state index contributed by atoms with van der Waals surface area (Å²) in [5, 5.41) is 0. The summed E-state index contributed by atoms with van der Waals surface area (Å²) in [4.78, 5) is 4.20. The van der Waals surface area contributed by atoms with Gasteiger partial charge >= 0.3 is 0 Å². The highest BCUT2D eigenvalue weighted by Gasteiger charge is 2.14. The van der Waals surface area contributed by atoms with Crippen LogP contribution in [0.1, 0.15) is 23.6 Å². The molecular formula is C14H12F2N. The van der Waals surface area contributed by atoms with Crippen molar-refractivity contribution in [1.29, 1.82) is 0 Å². The Kier molecular flexibility index (Phi) is 3.47. The molecule has 1 atom stereocenters. The number of nitrogens with zero attached hydrogens (tertiary/aromatic N) is 1. The Morgan fingerprint density at radius 3 is 2.35 bits per heavy atom. The maximum atomic E-state index is 13.2. The second-order valence-electron chi connectivity index (χ2n) is 3.80. The van der Waals surface area contributed by atoms with Crippen LogP contribution < -0.4 is 0 Å². The molecule has 0 aliphatic rings. The van der Waals surface area contributed by atoms with E-state index in [0.29, 0.717) is 12.0 Å². The molecule has 0 bridgehead atoms. The molecule has 2 rings (SSSR count). The molecule has 0 aliphatic heterocycles.